The normalized spacial score (nSPS) is 14.7. The Morgan fingerprint density at radius 3 is 2.46 bits per heavy atom. The van der Waals surface area contributed by atoms with Crippen molar-refractivity contribution in [3.63, 3.8) is 0 Å². The molecular formula is C15H28N6O3. The number of guanidine groups is 1. The molecule has 9 nitrogen and oxygen atoms in total. The fourth-order valence-electron chi connectivity index (χ4n) is 2.36. The highest BCUT2D eigenvalue weighted by Gasteiger charge is 2.27. The minimum Gasteiger partial charge on any atom is -0.357 e. The lowest BCUT2D eigenvalue weighted by atomic mass is 10.4. The van der Waals surface area contributed by atoms with Gasteiger partial charge in [0, 0.05) is 26.7 Å². The molecule has 0 unspecified atom stereocenters. The SMILES string of the molecule is CCNC(=NCCN1C(=O)CNC1=O)N(C)CC(=O)N(CC)CC. The zero-order valence-electron chi connectivity index (χ0n) is 15.0. The van der Waals surface area contributed by atoms with E-state index in [0.29, 0.717) is 25.6 Å². The Morgan fingerprint density at radius 1 is 1.29 bits per heavy atom. The Bertz CT molecular complexity index is 474. The summed E-state index contributed by atoms with van der Waals surface area (Å²) >= 11 is 0. The van der Waals surface area contributed by atoms with Crippen molar-refractivity contribution >= 4 is 23.8 Å². The maximum absolute atomic E-state index is 12.2. The van der Waals surface area contributed by atoms with Gasteiger partial charge in [0.25, 0.3) is 0 Å². The predicted molar refractivity (Wildman–Crippen MR) is 91.6 cm³/mol. The molecule has 0 saturated carbocycles. The first-order valence-corrected chi connectivity index (χ1v) is 8.29. The molecule has 136 valence electrons. The third-order valence-corrected chi connectivity index (χ3v) is 3.71. The summed E-state index contributed by atoms with van der Waals surface area (Å²) in [7, 11) is 1.79. The van der Waals surface area contributed by atoms with Crippen molar-refractivity contribution in [2.75, 3.05) is 52.9 Å². The number of imide groups is 1. The second-order valence-corrected chi connectivity index (χ2v) is 5.36. The molecule has 0 radical (unpaired) electrons. The van der Waals surface area contributed by atoms with Gasteiger partial charge < -0.3 is 20.4 Å². The first-order chi connectivity index (χ1) is 11.4. The van der Waals surface area contributed by atoms with E-state index in [1.165, 1.54) is 0 Å². The van der Waals surface area contributed by atoms with E-state index in [1.807, 2.05) is 20.8 Å². The number of carbonyl (C=O) groups is 3. The molecule has 4 amide bonds. The summed E-state index contributed by atoms with van der Waals surface area (Å²) in [6.45, 7) is 8.59. The van der Waals surface area contributed by atoms with E-state index >= 15 is 0 Å². The highest BCUT2D eigenvalue weighted by Crippen LogP contribution is 1.99. The Balaban J connectivity index is 2.62. The Morgan fingerprint density at radius 2 is 1.96 bits per heavy atom. The maximum atomic E-state index is 12.2. The molecule has 0 aromatic heterocycles. The molecule has 24 heavy (non-hydrogen) atoms. The molecule has 0 aromatic rings. The molecule has 1 aliphatic heterocycles. The van der Waals surface area contributed by atoms with Crippen LogP contribution < -0.4 is 10.6 Å². The summed E-state index contributed by atoms with van der Waals surface area (Å²) < 4.78 is 0. The fourth-order valence-corrected chi connectivity index (χ4v) is 2.36. The van der Waals surface area contributed by atoms with Gasteiger partial charge in [-0.15, -0.1) is 0 Å². The lowest BCUT2D eigenvalue weighted by Gasteiger charge is -2.25. The summed E-state index contributed by atoms with van der Waals surface area (Å²) in [5, 5.41) is 5.58. The second-order valence-electron chi connectivity index (χ2n) is 5.36. The van der Waals surface area contributed by atoms with Gasteiger partial charge >= 0.3 is 6.03 Å². The van der Waals surface area contributed by atoms with Gasteiger partial charge in [-0.2, -0.15) is 0 Å². The molecule has 0 aromatic carbocycles. The van der Waals surface area contributed by atoms with E-state index in [4.69, 9.17) is 0 Å². The summed E-state index contributed by atoms with van der Waals surface area (Å²) in [5.74, 6) is 0.359. The van der Waals surface area contributed by atoms with Crippen molar-refractivity contribution in [1.82, 2.24) is 25.3 Å². The first-order valence-electron chi connectivity index (χ1n) is 8.29. The summed E-state index contributed by atoms with van der Waals surface area (Å²) in [6.07, 6.45) is 0. The van der Waals surface area contributed by atoms with E-state index in [2.05, 4.69) is 15.6 Å². The average molecular weight is 340 g/mol. The molecule has 1 heterocycles. The predicted octanol–water partition coefficient (Wildman–Crippen LogP) is -0.696. The number of carbonyl (C=O) groups excluding carboxylic acids is 3. The van der Waals surface area contributed by atoms with Gasteiger partial charge in [0.1, 0.15) is 0 Å². The third kappa shape index (κ3) is 5.39. The summed E-state index contributed by atoms with van der Waals surface area (Å²) in [6, 6.07) is -0.384. The van der Waals surface area contributed by atoms with Crippen LogP contribution in [0.25, 0.3) is 0 Å². The van der Waals surface area contributed by atoms with Crippen LogP contribution in [0.15, 0.2) is 4.99 Å². The maximum Gasteiger partial charge on any atom is 0.324 e. The van der Waals surface area contributed by atoms with Gasteiger partial charge in [0.05, 0.1) is 26.2 Å². The van der Waals surface area contributed by atoms with Gasteiger partial charge in [-0.3, -0.25) is 19.5 Å². The minimum absolute atomic E-state index is 0.0298. The monoisotopic (exact) mass is 340 g/mol. The van der Waals surface area contributed by atoms with Gasteiger partial charge in [-0.25, -0.2) is 4.79 Å². The standard InChI is InChI=1S/C15H28N6O3/c1-5-16-14(19(4)11-13(23)20(6-2)7-3)17-8-9-21-12(22)10-18-15(21)24/h5-11H2,1-4H3,(H,16,17)(H,18,24). The molecule has 0 aliphatic carbocycles. The number of likely N-dealkylation sites (N-methyl/N-ethyl adjacent to an activating group) is 2. The number of urea groups is 1. The van der Waals surface area contributed by atoms with Crippen LogP contribution in [0.3, 0.4) is 0 Å². The van der Waals surface area contributed by atoms with Crippen LogP contribution in [-0.2, 0) is 9.59 Å². The molecule has 1 rings (SSSR count). The number of amides is 4. The lowest BCUT2D eigenvalue weighted by molar-refractivity contribution is -0.131. The highest BCUT2D eigenvalue weighted by molar-refractivity contribution is 6.01. The van der Waals surface area contributed by atoms with Crippen LogP contribution in [0.1, 0.15) is 20.8 Å². The zero-order chi connectivity index (χ0) is 18.1. The Labute approximate surface area is 143 Å². The van der Waals surface area contributed by atoms with Crippen molar-refractivity contribution in [3.05, 3.63) is 0 Å². The van der Waals surface area contributed by atoms with Crippen molar-refractivity contribution < 1.29 is 14.4 Å². The van der Waals surface area contributed by atoms with E-state index in [1.54, 1.807) is 16.8 Å². The van der Waals surface area contributed by atoms with Crippen molar-refractivity contribution in [2.24, 2.45) is 4.99 Å². The zero-order valence-corrected chi connectivity index (χ0v) is 15.0. The van der Waals surface area contributed by atoms with Gasteiger partial charge in [-0.05, 0) is 20.8 Å². The molecule has 9 heteroatoms. The topological polar surface area (TPSA) is 97.4 Å². The van der Waals surface area contributed by atoms with Gasteiger partial charge in [-0.1, -0.05) is 0 Å². The largest absolute Gasteiger partial charge is 0.357 e. The van der Waals surface area contributed by atoms with Crippen LogP contribution in [0.5, 0.6) is 0 Å². The highest BCUT2D eigenvalue weighted by atomic mass is 16.2. The smallest absolute Gasteiger partial charge is 0.324 e. The molecule has 0 atom stereocenters. The number of hydrogen-bond donors (Lipinski definition) is 2. The van der Waals surface area contributed by atoms with Crippen LogP contribution in [0.2, 0.25) is 0 Å². The minimum atomic E-state index is -0.384. The van der Waals surface area contributed by atoms with Crippen LogP contribution in [0.4, 0.5) is 4.79 Å². The van der Waals surface area contributed by atoms with Crippen LogP contribution >= 0.6 is 0 Å². The van der Waals surface area contributed by atoms with Crippen LogP contribution in [0, 0.1) is 0 Å². The third-order valence-electron chi connectivity index (χ3n) is 3.71. The Hall–Kier alpha value is -2.32. The summed E-state index contributed by atoms with van der Waals surface area (Å²) in [4.78, 5) is 44.2. The Kier molecular flexibility index (Phi) is 8.00. The lowest BCUT2D eigenvalue weighted by Crippen LogP contribution is -2.46. The number of nitrogens with zero attached hydrogens (tertiary/aromatic N) is 4. The number of hydrogen-bond acceptors (Lipinski definition) is 4. The average Bonchev–Trinajstić information content (AvgIpc) is 2.86. The quantitative estimate of drug-likeness (QED) is 0.346. The van der Waals surface area contributed by atoms with E-state index < -0.39 is 0 Å². The first kappa shape index (κ1) is 19.7. The molecular weight excluding hydrogens is 312 g/mol. The van der Waals surface area contributed by atoms with Crippen LogP contribution in [-0.4, -0.2) is 91.4 Å². The second kappa shape index (κ2) is 9.74. The molecule has 2 N–H and O–H groups in total. The number of nitrogens with one attached hydrogen (secondary N) is 2. The molecule has 1 saturated heterocycles. The van der Waals surface area contributed by atoms with E-state index in [-0.39, 0.29) is 44.0 Å². The number of rotatable bonds is 8. The van der Waals surface area contributed by atoms with Gasteiger partial charge in [0.2, 0.25) is 11.8 Å². The molecule has 0 spiro atoms. The molecule has 1 fully saturated rings. The van der Waals surface area contributed by atoms with E-state index in [9.17, 15) is 14.4 Å². The van der Waals surface area contributed by atoms with Crippen molar-refractivity contribution in [1.29, 1.82) is 0 Å². The molecule has 0 bridgehead atoms. The van der Waals surface area contributed by atoms with Crippen molar-refractivity contribution in [2.45, 2.75) is 20.8 Å². The summed E-state index contributed by atoms with van der Waals surface area (Å²) in [5.41, 5.74) is 0. The van der Waals surface area contributed by atoms with E-state index in [0.717, 1.165) is 4.90 Å². The fraction of sp³-hybridized carbons (Fsp3) is 0.733. The molecule has 1 aliphatic rings. The van der Waals surface area contributed by atoms with Gasteiger partial charge in [0.15, 0.2) is 5.96 Å². The number of aliphatic imine (C=N–C) groups is 1. The van der Waals surface area contributed by atoms with Crippen molar-refractivity contribution in [3.8, 4) is 0 Å².